The van der Waals surface area contributed by atoms with Crippen molar-refractivity contribution in [2.24, 2.45) is 0 Å². The van der Waals surface area contributed by atoms with Crippen LogP contribution >= 0.6 is 0 Å². The van der Waals surface area contributed by atoms with E-state index in [0.29, 0.717) is 7.28 Å². The third-order valence-corrected chi connectivity index (χ3v) is 14.4. The lowest BCUT2D eigenvalue weighted by atomic mass is 9.58. The Hall–Kier alpha value is -7.24. The number of hydrogen-bond donors (Lipinski definition) is 1. The van der Waals surface area contributed by atoms with Crippen molar-refractivity contribution in [2.75, 3.05) is 10.2 Å². The first-order valence-corrected chi connectivity index (χ1v) is 23.4. The van der Waals surface area contributed by atoms with Crippen LogP contribution in [0.3, 0.4) is 0 Å². The van der Waals surface area contributed by atoms with Crippen LogP contribution in [0.4, 0.5) is 28.6 Å². The molecule has 0 bridgehead atoms. The molecule has 0 spiro atoms. The molecule has 5 heteroatoms. The lowest BCUT2D eigenvalue weighted by molar-refractivity contribution is 0.590. The van der Waals surface area contributed by atoms with E-state index in [4.69, 9.17) is 8.83 Å². The Balaban J connectivity index is 1.22. The zero-order valence-electron chi connectivity index (χ0n) is 39.1. The van der Waals surface area contributed by atoms with Crippen molar-refractivity contribution < 1.29 is 8.83 Å². The van der Waals surface area contributed by atoms with E-state index in [-0.39, 0.29) is 16.2 Å². The van der Waals surface area contributed by atoms with E-state index in [2.05, 4.69) is 229 Å². The summed E-state index contributed by atoms with van der Waals surface area (Å²) >= 11 is 0. The minimum absolute atomic E-state index is 0.0460. The molecule has 0 atom stereocenters. The molecule has 1 N–H and O–H groups in total. The monoisotopic (exact) mass is 856 g/mol. The standard InChI is InChI=1S/C61H53BN2O2/c1-59(2,3)37-26-29-39(30-27-37)63-48-32-31-42-40-20-12-15-23-47(40)61(7,8)53(42)52(48)46-35-45-41-21-13-16-24-50(41)65-57(45)56-54(46)62-55-43-22-14-17-25-51(43)66-58(55)64(56)49-33-28-38(60(4,5)6)34-44(49)36-18-10-9-11-19-36/h9-35,62-63H,1-8H3. The summed E-state index contributed by atoms with van der Waals surface area (Å²) in [7, 11) is 0.651. The van der Waals surface area contributed by atoms with Crippen LogP contribution in [0.1, 0.15) is 77.6 Å². The number of fused-ring (bicyclic) bond motifs is 11. The van der Waals surface area contributed by atoms with Crippen LogP contribution in [-0.2, 0) is 16.2 Å². The SMILES string of the molecule is CC(C)(C)c1ccc(Nc2ccc3c(c2-c2cc4c(oc5ccccc54)c4c2Bc2c(oc5ccccc25)N4c2ccc(C(C)(C)C)cc2-c2ccccc2)C(C)(C)c2ccccc2-3)cc1. The van der Waals surface area contributed by atoms with Crippen molar-refractivity contribution in [3.05, 3.63) is 186 Å². The molecule has 3 heterocycles. The highest BCUT2D eigenvalue weighted by Gasteiger charge is 2.42. The Kier molecular flexibility index (Phi) is 8.78. The Labute approximate surface area is 388 Å². The van der Waals surface area contributed by atoms with Gasteiger partial charge < -0.3 is 14.2 Å². The van der Waals surface area contributed by atoms with E-state index >= 15 is 0 Å². The predicted molar refractivity (Wildman–Crippen MR) is 280 cm³/mol. The van der Waals surface area contributed by atoms with Crippen molar-refractivity contribution in [3.63, 3.8) is 0 Å². The second kappa shape index (κ2) is 14.4. The van der Waals surface area contributed by atoms with Crippen LogP contribution in [0.15, 0.2) is 173 Å². The number of para-hydroxylation sites is 2. The summed E-state index contributed by atoms with van der Waals surface area (Å²) in [6, 6.07) is 59.9. The topological polar surface area (TPSA) is 41.6 Å². The highest BCUT2D eigenvalue weighted by atomic mass is 16.4. The van der Waals surface area contributed by atoms with Gasteiger partial charge in [0.25, 0.3) is 0 Å². The van der Waals surface area contributed by atoms with Gasteiger partial charge in [-0.15, -0.1) is 0 Å². The number of rotatable bonds is 5. The molecule has 0 radical (unpaired) electrons. The van der Waals surface area contributed by atoms with Gasteiger partial charge in [-0.05, 0) is 115 Å². The third kappa shape index (κ3) is 6.13. The van der Waals surface area contributed by atoms with Crippen LogP contribution in [0.25, 0.3) is 66.3 Å². The minimum Gasteiger partial charge on any atom is -0.454 e. The Morgan fingerprint density at radius 3 is 1.92 bits per heavy atom. The molecule has 0 fully saturated rings. The van der Waals surface area contributed by atoms with E-state index in [0.717, 1.165) is 78.1 Å². The summed E-state index contributed by atoms with van der Waals surface area (Å²) in [5, 5.41) is 7.29. The Bertz CT molecular complexity index is 3580. The average Bonchev–Trinajstić information content (AvgIpc) is 3.95. The minimum atomic E-state index is -0.305. The van der Waals surface area contributed by atoms with Gasteiger partial charge in [0.2, 0.25) is 7.28 Å². The van der Waals surface area contributed by atoms with Crippen LogP contribution in [-0.4, -0.2) is 7.28 Å². The van der Waals surface area contributed by atoms with E-state index in [9.17, 15) is 0 Å². The largest absolute Gasteiger partial charge is 0.454 e. The summed E-state index contributed by atoms with van der Waals surface area (Å²) in [6.45, 7) is 18.5. The number of hydrogen-bond acceptors (Lipinski definition) is 4. The van der Waals surface area contributed by atoms with Gasteiger partial charge in [-0.25, -0.2) is 0 Å². The zero-order valence-corrected chi connectivity index (χ0v) is 39.1. The molecule has 10 aromatic rings. The second-order valence-corrected chi connectivity index (χ2v) is 21.0. The highest BCUT2D eigenvalue weighted by Crippen LogP contribution is 2.56. The van der Waals surface area contributed by atoms with E-state index < -0.39 is 0 Å². The first-order valence-electron chi connectivity index (χ1n) is 23.4. The van der Waals surface area contributed by atoms with Crippen molar-refractivity contribution >= 4 is 79.7 Å². The van der Waals surface area contributed by atoms with Gasteiger partial charge in [-0.2, -0.15) is 0 Å². The van der Waals surface area contributed by atoms with Gasteiger partial charge in [-0.3, -0.25) is 4.90 Å². The molecule has 322 valence electrons. The Morgan fingerprint density at radius 1 is 0.530 bits per heavy atom. The molecule has 0 saturated heterocycles. The third-order valence-electron chi connectivity index (χ3n) is 14.4. The van der Waals surface area contributed by atoms with Crippen molar-refractivity contribution in [1.82, 2.24) is 0 Å². The fourth-order valence-corrected chi connectivity index (χ4v) is 11.0. The molecular weight excluding hydrogens is 803 g/mol. The maximum Gasteiger partial charge on any atom is 0.204 e. The molecule has 0 saturated carbocycles. The summed E-state index contributed by atoms with van der Waals surface area (Å²) in [4.78, 5) is 2.40. The van der Waals surface area contributed by atoms with E-state index in [1.54, 1.807) is 0 Å². The quantitative estimate of drug-likeness (QED) is 0.175. The summed E-state index contributed by atoms with van der Waals surface area (Å²) in [6.07, 6.45) is 0. The molecule has 8 aromatic carbocycles. The molecule has 12 rings (SSSR count). The molecule has 1 aliphatic heterocycles. The molecular formula is C61H53BN2O2. The normalized spacial score (nSPS) is 14.0. The summed E-state index contributed by atoms with van der Waals surface area (Å²) in [5.41, 5.74) is 21.3. The number of furan rings is 2. The maximum absolute atomic E-state index is 7.16. The average molecular weight is 857 g/mol. The van der Waals surface area contributed by atoms with E-state index in [1.807, 2.05) is 0 Å². The van der Waals surface area contributed by atoms with Crippen molar-refractivity contribution in [2.45, 2.75) is 71.6 Å². The lowest BCUT2D eigenvalue weighted by Gasteiger charge is -2.34. The van der Waals surface area contributed by atoms with Crippen LogP contribution in [0.5, 0.6) is 0 Å². The maximum atomic E-state index is 7.16. The molecule has 4 nitrogen and oxygen atoms in total. The number of nitrogens with one attached hydrogen (secondary N) is 1. The molecule has 0 unspecified atom stereocenters. The molecule has 2 aliphatic rings. The number of benzene rings is 8. The zero-order chi connectivity index (χ0) is 45.3. The molecule has 1 aliphatic carbocycles. The van der Waals surface area contributed by atoms with Crippen LogP contribution in [0, 0.1) is 0 Å². The predicted octanol–water partition coefficient (Wildman–Crippen LogP) is 15.5. The first-order chi connectivity index (χ1) is 31.8. The summed E-state index contributed by atoms with van der Waals surface area (Å²) in [5.74, 6) is 0.826. The lowest BCUT2D eigenvalue weighted by Crippen LogP contribution is -2.40. The van der Waals surface area contributed by atoms with Crippen LogP contribution in [0.2, 0.25) is 0 Å². The van der Waals surface area contributed by atoms with Gasteiger partial charge in [0.1, 0.15) is 11.2 Å². The van der Waals surface area contributed by atoms with Gasteiger partial charge in [-0.1, -0.05) is 171 Å². The molecule has 2 aromatic heterocycles. The van der Waals surface area contributed by atoms with Gasteiger partial charge >= 0.3 is 0 Å². The van der Waals surface area contributed by atoms with Crippen LogP contribution < -0.4 is 21.1 Å². The number of nitrogens with zero attached hydrogens (tertiary/aromatic N) is 1. The Morgan fingerprint density at radius 2 is 1.18 bits per heavy atom. The van der Waals surface area contributed by atoms with E-state index in [1.165, 1.54) is 50.0 Å². The number of anilines is 5. The fourth-order valence-electron chi connectivity index (χ4n) is 11.0. The first kappa shape index (κ1) is 40.3. The molecule has 66 heavy (non-hydrogen) atoms. The van der Waals surface area contributed by atoms with Crippen molar-refractivity contribution in [3.8, 4) is 33.4 Å². The fraction of sp³-hybridized carbons (Fsp3) is 0.180. The second-order valence-electron chi connectivity index (χ2n) is 21.0. The smallest absolute Gasteiger partial charge is 0.204 e. The van der Waals surface area contributed by atoms with Gasteiger partial charge in [0, 0.05) is 44.1 Å². The van der Waals surface area contributed by atoms with Gasteiger partial charge in [0.05, 0.1) is 11.4 Å². The van der Waals surface area contributed by atoms with Gasteiger partial charge in [0.15, 0.2) is 11.5 Å². The highest BCUT2D eigenvalue weighted by molar-refractivity contribution is 6.76. The molecule has 0 amide bonds. The summed E-state index contributed by atoms with van der Waals surface area (Å²) < 4.78 is 14.3. The van der Waals surface area contributed by atoms with Crippen molar-refractivity contribution in [1.29, 1.82) is 0 Å².